The molecule has 1 unspecified atom stereocenters. The van der Waals surface area contributed by atoms with Gasteiger partial charge in [0.25, 0.3) is 5.91 Å². The molecule has 0 saturated carbocycles. The number of hydroxylamine groups is 1. The van der Waals surface area contributed by atoms with E-state index in [1.54, 1.807) is 18.2 Å². The molecule has 1 aromatic rings. The van der Waals surface area contributed by atoms with E-state index in [1.807, 2.05) is 0 Å². The molecule has 3 rings (SSSR count). The molecule has 1 saturated heterocycles. The summed E-state index contributed by atoms with van der Waals surface area (Å²) in [5, 5.41) is 0. The summed E-state index contributed by atoms with van der Waals surface area (Å²) in [6.07, 6.45) is 2.52. The molecule has 102 valence electrons. The van der Waals surface area contributed by atoms with Gasteiger partial charge >= 0.3 is 0 Å². The third-order valence-electron chi connectivity index (χ3n) is 3.06. The van der Waals surface area contributed by atoms with E-state index < -0.39 is 0 Å². The van der Waals surface area contributed by atoms with Gasteiger partial charge in [0.2, 0.25) is 6.79 Å². The Kier molecular flexibility index (Phi) is 3.52. The first kappa shape index (κ1) is 12.3. The highest BCUT2D eigenvalue weighted by Gasteiger charge is 2.18. The zero-order valence-corrected chi connectivity index (χ0v) is 10.4. The number of ether oxygens (including phenoxy) is 3. The Morgan fingerprint density at radius 3 is 3.00 bits per heavy atom. The topological polar surface area (TPSA) is 66.0 Å². The van der Waals surface area contributed by atoms with E-state index in [0.717, 1.165) is 19.3 Å². The third kappa shape index (κ3) is 2.80. The molecule has 0 aliphatic carbocycles. The number of fused-ring (bicyclic) bond motifs is 1. The average Bonchev–Trinajstić information content (AvgIpc) is 2.93. The van der Waals surface area contributed by atoms with E-state index in [-0.39, 0.29) is 19.0 Å². The first-order valence-electron chi connectivity index (χ1n) is 6.30. The van der Waals surface area contributed by atoms with Crippen molar-refractivity contribution in [3.05, 3.63) is 23.8 Å². The molecule has 1 atom stereocenters. The van der Waals surface area contributed by atoms with Gasteiger partial charge in [0, 0.05) is 18.6 Å². The van der Waals surface area contributed by atoms with Crippen molar-refractivity contribution in [2.45, 2.75) is 25.6 Å². The van der Waals surface area contributed by atoms with Crippen molar-refractivity contribution in [1.29, 1.82) is 0 Å². The Morgan fingerprint density at radius 1 is 1.26 bits per heavy atom. The molecular weight excluding hydrogens is 250 g/mol. The van der Waals surface area contributed by atoms with Crippen LogP contribution in [-0.4, -0.2) is 25.6 Å². The molecule has 1 amide bonds. The summed E-state index contributed by atoms with van der Waals surface area (Å²) in [5.41, 5.74) is 2.86. The van der Waals surface area contributed by atoms with E-state index >= 15 is 0 Å². The summed E-state index contributed by atoms with van der Waals surface area (Å²) in [7, 11) is 0. The van der Waals surface area contributed by atoms with E-state index in [4.69, 9.17) is 19.0 Å². The maximum atomic E-state index is 11.9. The second kappa shape index (κ2) is 5.46. The summed E-state index contributed by atoms with van der Waals surface area (Å²) in [6, 6.07) is 4.99. The molecule has 2 aliphatic heterocycles. The molecule has 1 N–H and O–H groups in total. The summed E-state index contributed by atoms with van der Waals surface area (Å²) in [4.78, 5) is 17.1. The van der Waals surface area contributed by atoms with E-state index in [1.165, 1.54) is 0 Å². The molecular formula is C13H15NO5. The van der Waals surface area contributed by atoms with Gasteiger partial charge in [-0.2, -0.15) is 0 Å². The highest BCUT2D eigenvalue weighted by atomic mass is 16.8. The Labute approximate surface area is 110 Å². The van der Waals surface area contributed by atoms with E-state index in [0.29, 0.717) is 23.7 Å². The van der Waals surface area contributed by atoms with Crippen molar-refractivity contribution in [3.63, 3.8) is 0 Å². The number of hydrogen-bond donors (Lipinski definition) is 1. The predicted molar refractivity (Wildman–Crippen MR) is 64.7 cm³/mol. The molecule has 0 aromatic heterocycles. The van der Waals surface area contributed by atoms with Crippen LogP contribution < -0.4 is 15.0 Å². The lowest BCUT2D eigenvalue weighted by atomic mass is 10.2. The van der Waals surface area contributed by atoms with Crippen molar-refractivity contribution in [3.8, 4) is 11.5 Å². The van der Waals surface area contributed by atoms with Gasteiger partial charge in [-0.05, 0) is 31.0 Å². The molecule has 6 heteroatoms. The largest absolute Gasteiger partial charge is 0.454 e. The molecule has 0 bridgehead atoms. The number of rotatable bonds is 3. The Hall–Kier alpha value is -1.79. The lowest BCUT2D eigenvalue weighted by Gasteiger charge is -2.22. The minimum Gasteiger partial charge on any atom is -0.454 e. The molecule has 1 fully saturated rings. The summed E-state index contributed by atoms with van der Waals surface area (Å²) >= 11 is 0. The molecule has 1 aromatic carbocycles. The van der Waals surface area contributed by atoms with Crippen molar-refractivity contribution in [2.24, 2.45) is 0 Å². The zero-order chi connectivity index (χ0) is 13.1. The standard InChI is InChI=1S/C13H15NO5/c15-13(14-19-12-3-1-2-6-16-12)9-4-5-10-11(7-9)18-8-17-10/h4-5,7,12H,1-3,6,8H2,(H,14,15). The van der Waals surface area contributed by atoms with E-state index in [2.05, 4.69) is 5.48 Å². The van der Waals surface area contributed by atoms with Crippen LogP contribution in [0.2, 0.25) is 0 Å². The number of carbonyl (C=O) groups is 1. The van der Waals surface area contributed by atoms with Gasteiger partial charge in [-0.25, -0.2) is 10.3 Å². The van der Waals surface area contributed by atoms with Crippen LogP contribution >= 0.6 is 0 Å². The van der Waals surface area contributed by atoms with Crippen molar-refractivity contribution in [1.82, 2.24) is 5.48 Å². The van der Waals surface area contributed by atoms with Gasteiger partial charge in [-0.15, -0.1) is 0 Å². The average molecular weight is 265 g/mol. The van der Waals surface area contributed by atoms with Crippen LogP contribution in [0.4, 0.5) is 0 Å². The lowest BCUT2D eigenvalue weighted by Crippen LogP contribution is -2.33. The quantitative estimate of drug-likeness (QED) is 0.841. The predicted octanol–water partition coefficient (Wildman–Crippen LogP) is 1.60. The smallest absolute Gasteiger partial charge is 0.275 e. The second-order valence-electron chi connectivity index (χ2n) is 4.41. The number of amides is 1. The van der Waals surface area contributed by atoms with Crippen LogP contribution in [-0.2, 0) is 9.57 Å². The maximum absolute atomic E-state index is 11.9. The Morgan fingerprint density at radius 2 is 2.16 bits per heavy atom. The number of carbonyl (C=O) groups excluding carboxylic acids is 1. The fraction of sp³-hybridized carbons (Fsp3) is 0.462. The van der Waals surface area contributed by atoms with Crippen molar-refractivity contribution < 1.29 is 23.8 Å². The molecule has 6 nitrogen and oxygen atoms in total. The first-order valence-corrected chi connectivity index (χ1v) is 6.30. The van der Waals surface area contributed by atoms with Crippen LogP contribution in [0, 0.1) is 0 Å². The number of nitrogens with one attached hydrogen (secondary N) is 1. The maximum Gasteiger partial charge on any atom is 0.275 e. The molecule has 19 heavy (non-hydrogen) atoms. The van der Waals surface area contributed by atoms with Crippen LogP contribution in [0.15, 0.2) is 18.2 Å². The SMILES string of the molecule is O=C(NOC1CCCCO1)c1ccc2c(c1)OCO2. The van der Waals surface area contributed by atoms with Crippen molar-refractivity contribution >= 4 is 5.91 Å². The number of benzene rings is 1. The fourth-order valence-corrected chi connectivity index (χ4v) is 2.02. The van der Waals surface area contributed by atoms with Gasteiger partial charge in [0.15, 0.2) is 17.8 Å². The highest BCUT2D eigenvalue weighted by molar-refractivity contribution is 5.94. The highest BCUT2D eigenvalue weighted by Crippen LogP contribution is 2.32. The molecule has 0 spiro atoms. The molecule has 2 heterocycles. The van der Waals surface area contributed by atoms with Crippen LogP contribution in [0.5, 0.6) is 11.5 Å². The zero-order valence-electron chi connectivity index (χ0n) is 10.4. The second-order valence-corrected chi connectivity index (χ2v) is 4.41. The van der Waals surface area contributed by atoms with Gasteiger partial charge in [0.05, 0.1) is 0 Å². The summed E-state index contributed by atoms with van der Waals surface area (Å²) in [6.45, 7) is 0.859. The molecule has 2 aliphatic rings. The normalized spacial score (nSPS) is 21.2. The Bertz CT molecular complexity index is 470. The van der Waals surface area contributed by atoms with Gasteiger partial charge in [-0.1, -0.05) is 0 Å². The van der Waals surface area contributed by atoms with Gasteiger partial charge in [-0.3, -0.25) is 4.79 Å². The minimum absolute atomic E-state index is 0.187. The lowest BCUT2D eigenvalue weighted by molar-refractivity contribution is -0.186. The third-order valence-corrected chi connectivity index (χ3v) is 3.06. The fourth-order valence-electron chi connectivity index (χ4n) is 2.02. The monoisotopic (exact) mass is 265 g/mol. The van der Waals surface area contributed by atoms with E-state index in [9.17, 15) is 4.79 Å². The van der Waals surface area contributed by atoms with Gasteiger partial charge in [0.1, 0.15) is 0 Å². The van der Waals surface area contributed by atoms with Crippen molar-refractivity contribution in [2.75, 3.05) is 13.4 Å². The number of hydrogen-bond acceptors (Lipinski definition) is 5. The van der Waals surface area contributed by atoms with Crippen LogP contribution in [0.1, 0.15) is 29.6 Å². The summed E-state index contributed by atoms with van der Waals surface area (Å²) in [5.74, 6) is 0.891. The summed E-state index contributed by atoms with van der Waals surface area (Å²) < 4.78 is 15.8. The Balaban J connectivity index is 1.57. The van der Waals surface area contributed by atoms with Gasteiger partial charge < -0.3 is 14.2 Å². The first-order chi connectivity index (χ1) is 9.33. The molecule has 0 radical (unpaired) electrons. The van der Waals surface area contributed by atoms with Crippen LogP contribution in [0.3, 0.4) is 0 Å². The minimum atomic E-state index is -0.355. The van der Waals surface area contributed by atoms with Crippen LogP contribution in [0.25, 0.3) is 0 Å².